The summed E-state index contributed by atoms with van der Waals surface area (Å²) in [4.78, 5) is 2.14. The molecule has 1 N–H and O–H groups in total. The Morgan fingerprint density at radius 2 is 2.41 bits per heavy atom. The lowest BCUT2D eigenvalue weighted by molar-refractivity contribution is 0.605. The first-order valence-corrected chi connectivity index (χ1v) is 5.87. The first-order valence-electron chi connectivity index (χ1n) is 5.87. The quantitative estimate of drug-likeness (QED) is 0.866. The Kier molecular flexibility index (Phi) is 3.60. The summed E-state index contributed by atoms with van der Waals surface area (Å²) in [7, 11) is 1.91. The third-order valence-corrected chi connectivity index (χ3v) is 3.23. The van der Waals surface area contributed by atoms with Crippen molar-refractivity contribution in [3.63, 3.8) is 0 Å². The largest absolute Gasteiger partial charge is 0.366 e. The van der Waals surface area contributed by atoms with Crippen molar-refractivity contribution in [1.82, 2.24) is 5.32 Å². The Labute approximate surface area is 101 Å². The lowest BCUT2D eigenvalue weighted by Gasteiger charge is -2.27. The molecule has 1 aromatic carbocycles. The summed E-state index contributed by atoms with van der Waals surface area (Å²) < 4.78 is 13.6. The van der Waals surface area contributed by atoms with Gasteiger partial charge in [0.15, 0.2) is 0 Å². The lowest BCUT2D eigenvalue weighted by Crippen LogP contribution is -2.37. The van der Waals surface area contributed by atoms with Crippen molar-refractivity contribution < 1.29 is 4.39 Å². The van der Waals surface area contributed by atoms with Gasteiger partial charge in [-0.05, 0) is 32.0 Å². The fraction of sp³-hybridized carbons (Fsp3) is 0.462. The first kappa shape index (κ1) is 11.9. The highest BCUT2D eigenvalue weighted by atomic mass is 19.1. The second kappa shape index (κ2) is 5.15. The van der Waals surface area contributed by atoms with E-state index in [1.54, 1.807) is 6.07 Å². The number of benzene rings is 1. The molecule has 0 bridgehead atoms. The van der Waals surface area contributed by atoms with E-state index in [1.165, 1.54) is 6.07 Å². The molecule has 1 saturated heterocycles. The maximum atomic E-state index is 13.6. The Bertz CT molecular complexity index is 439. The number of rotatable bonds is 3. The molecule has 90 valence electrons. The monoisotopic (exact) mass is 233 g/mol. The molecule has 0 amide bonds. The molecule has 1 aliphatic heterocycles. The van der Waals surface area contributed by atoms with Gasteiger partial charge in [0.05, 0.1) is 5.69 Å². The minimum absolute atomic E-state index is 0.163. The first-order chi connectivity index (χ1) is 8.27. The van der Waals surface area contributed by atoms with Crippen molar-refractivity contribution in [1.29, 1.82) is 5.26 Å². The summed E-state index contributed by atoms with van der Waals surface area (Å²) in [6, 6.07) is 7.16. The summed E-state index contributed by atoms with van der Waals surface area (Å²) in [5, 5.41) is 12.2. The molecule has 0 aliphatic carbocycles. The minimum Gasteiger partial charge on any atom is -0.366 e. The van der Waals surface area contributed by atoms with Crippen LogP contribution in [0.15, 0.2) is 18.2 Å². The van der Waals surface area contributed by atoms with Gasteiger partial charge in [-0.25, -0.2) is 4.39 Å². The van der Waals surface area contributed by atoms with Crippen molar-refractivity contribution in [3.8, 4) is 6.07 Å². The van der Waals surface area contributed by atoms with Crippen molar-refractivity contribution >= 4 is 5.69 Å². The maximum Gasteiger partial charge on any atom is 0.143 e. The van der Waals surface area contributed by atoms with Crippen LogP contribution in [0.3, 0.4) is 0 Å². The Morgan fingerprint density at radius 3 is 3.12 bits per heavy atom. The van der Waals surface area contributed by atoms with Gasteiger partial charge in [-0.2, -0.15) is 5.26 Å². The smallest absolute Gasteiger partial charge is 0.143 e. The molecule has 1 unspecified atom stereocenters. The van der Waals surface area contributed by atoms with Crippen molar-refractivity contribution in [2.75, 3.05) is 25.0 Å². The van der Waals surface area contributed by atoms with E-state index in [0.29, 0.717) is 6.04 Å². The second-order valence-electron chi connectivity index (χ2n) is 4.29. The predicted molar refractivity (Wildman–Crippen MR) is 65.4 cm³/mol. The molecule has 0 spiro atoms. The fourth-order valence-corrected chi connectivity index (χ4v) is 2.46. The summed E-state index contributed by atoms with van der Waals surface area (Å²) in [5.41, 5.74) is 0.890. The molecule has 0 saturated carbocycles. The zero-order valence-electron chi connectivity index (χ0n) is 9.91. The van der Waals surface area contributed by atoms with Crippen molar-refractivity contribution in [2.24, 2.45) is 0 Å². The molecule has 0 radical (unpaired) electrons. The van der Waals surface area contributed by atoms with E-state index in [4.69, 9.17) is 5.26 Å². The number of nitrogens with zero attached hydrogens (tertiary/aromatic N) is 2. The highest BCUT2D eigenvalue weighted by Crippen LogP contribution is 2.29. The average molecular weight is 233 g/mol. The number of halogens is 1. The highest BCUT2D eigenvalue weighted by molar-refractivity contribution is 5.61. The van der Waals surface area contributed by atoms with Gasteiger partial charge in [-0.3, -0.25) is 0 Å². The molecule has 1 heterocycles. The van der Waals surface area contributed by atoms with E-state index in [9.17, 15) is 4.39 Å². The van der Waals surface area contributed by atoms with Crippen LogP contribution in [-0.2, 0) is 0 Å². The van der Waals surface area contributed by atoms with Gasteiger partial charge in [-0.1, -0.05) is 6.07 Å². The fourth-order valence-electron chi connectivity index (χ4n) is 2.46. The molecule has 0 aromatic heterocycles. The van der Waals surface area contributed by atoms with E-state index in [1.807, 2.05) is 19.2 Å². The molecule has 3 nitrogen and oxygen atoms in total. The van der Waals surface area contributed by atoms with Crippen LogP contribution in [0.25, 0.3) is 0 Å². The van der Waals surface area contributed by atoms with E-state index in [-0.39, 0.29) is 5.56 Å². The topological polar surface area (TPSA) is 39.1 Å². The van der Waals surface area contributed by atoms with Gasteiger partial charge in [-0.15, -0.1) is 0 Å². The summed E-state index contributed by atoms with van der Waals surface area (Å²) in [5.74, 6) is -0.430. The summed E-state index contributed by atoms with van der Waals surface area (Å²) in [6.07, 6.45) is 2.18. The van der Waals surface area contributed by atoms with E-state index in [0.717, 1.165) is 31.6 Å². The third-order valence-electron chi connectivity index (χ3n) is 3.23. The average Bonchev–Trinajstić information content (AvgIpc) is 2.77. The van der Waals surface area contributed by atoms with Crippen LogP contribution in [0, 0.1) is 17.1 Å². The molecule has 2 rings (SSSR count). The SMILES string of the molecule is CNCC1CCCN1c1cccc(F)c1C#N. The standard InChI is InChI=1S/C13H16FN3/c1-16-9-10-4-3-7-17(10)13-6-2-5-12(14)11(13)8-15/h2,5-6,10,16H,3-4,7,9H2,1H3. The number of hydrogen-bond acceptors (Lipinski definition) is 3. The molecular formula is C13H16FN3. The van der Waals surface area contributed by atoms with Gasteiger partial charge >= 0.3 is 0 Å². The van der Waals surface area contributed by atoms with Crippen LogP contribution in [-0.4, -0.2) is 26.2 Å². The zero-order chi connectivity index (χ0) is 12.3. The normalized spacial score (nSPS) is 19.4. The van der Waals surface area contributed by atoms with Gasteiger partial charge in [0.1, 0.15) is 17.4 Å². The second-order valence-corrected chi connectivity index (χ2v) is 4.29. The van der Waals surface area contributed by atoms with Crippen LogP contribution in [0.2, 0.25) is 0 Å². The molecule has 4 heteroatoms. The number of hydrogen-bond donors (Lipinski definition) is 1. The zero-order valence-corrected chi connectivity index (χ0v) is 9.91. The summed E-state index contributed by atoms with van der Waals surface area (Å²) >= 11 is 0. The van der Waals surface area contributed by atoms with Crippen molar-refractivity contribution in [3.05, 3.63) is 29.6 Å². The maximum absolute atomic E-state index is 13.6. The summed E-state index contributed by atoms with van der Waals surface area (Å²) in [6.45, 7) is 1.76. The van der Waals surface area contributed by atoms with Crippen LogP contribution >= 0.6 is 0 Å². The molecule has 1 aliphatic rings. The van der Waals surface area contributed by atoms with Crippen molar-refractivity contribution in [2.45, 2.75) is 18.9 Å². The number of likely N-dealkylation sites (N-methyl/N-ethyl adjacent to an activating group) is 1. The van der Waals surface area contributed by atoms with Gasteiger partial charge in [0, 0.05) is 19.1 Å². The van der Waals surface area contributed by atoms with E-state index in [2.05, 4.69) is 10.2 Å². The van der Waals surface area contributed by atoms with Crippen LogP contribution in [0.1, 0.15) is 18.4 Å². The molecule has 1 aromatic rings. The number of nitriles is 1. The van der Waals surface area contributed by atoms with Crippen LogP contribution < -0.4 is 10.2 Å². The Balaban J connectivity index is 2.33. The molecule has 1 atom stereocenters. The minimum atomic E-state index is -0.430. The molecule has 1 fully saturated rings. The predicted octanol–water partition coefficient (Wildman–Crippen LogP) is 1.89. The molecular weight excluding hydrogens is 217 g/mol. The van der Waals surface area contributed by atoms with Crippen LogP contribution in [0.5, 0.6) is 0 Å². The van der Waals surface area contributed by atoms with E-state index < -0.39 is 5.82 Å². The third kappa shape index (κ3) is 2.25. The molecule has 17 heavy (non-hydrogen) atoms. The van der Waals surface area contributed by atoms with Gasteiger partial charge < -0.3 is 10.2 Å². The number of nitrogens with one attached hydrogen (secondary N) is 1. The van der Waals surface area contributed by atoms with Crippen LogP contribution in [0.4, 0.5) is 10.1 Å². The van der Waals surface area contributed by atoms with E-state index >= 15 is 0 Å². The Morgan fingerprint density at radius 1 is 1.59 bits per heavy atom. The van der Waals surface area contributed by atoms with Gasteiger partial charge in [0.2, 0.25) is 0 Å². The lowest BCUT2D eigenvalue weighted by atomic mass is 10.1. The highest BCUT2D eigenvalue weighted by Gasteiger charge is 2.26. The Hall–Kier alpha value is -1.60. The van der Waals surface area contributed by atoms with Gasteiger partial charge in [0.25, 0.3) is 0 Å². The number of anilines is 1.